The molecule has 0 fully saturated rings. The minimum Gasteiger partial charge on any atom is -0.357 e. The van der Waals surface area contributed by atoms with Gasteiger partial charge in [-0.1, -0.05) is 103 Å². The molecule has 1 aromatic heterocycles. The SMILES string of the molecule is CNC(=O)[C@H](Cc1ccc2ccccc2c1)NC(=O)C(CCc1cnc[nH]1)NC(=O)[C@H](Cc1ccccc1)NC(=O)CCc1ccccc1. The minimum atomic E-state index is -1.00. The molecule has 5 aromatic rings. The number of H-pyrrole nitrogens is 1. The van der Waals surface area contributed by atoms with Crippen molar-refractivity contribution in [1.82, 2.24) is 31.2 Å². The first-order valence-electron chi connectivity index (χ1n) is 16.5. The number of aromatic amines is 1. The van der Waals surface area contributed by atoms with Crippen LogP contribution < -0.4 is 21.3 Å². The van der Waals surface area contributed by atoms with Crippen molar-refractivity contribution in [3.63, 3.8) is 0 Å². The van der Waals surface area contributed by atoms with Crippen LogP contribution in [0.3, 0.4) is 0 Å². The van der Waals surface area contributed by atoms with Crippen molar-refractivity contribution in [2.24, 2.45) is 0 Å². The molecular weight excluding hydrogens is 616 g/mol. The Morgan fingerprint density at radius 3 is 1.94 bits per heavy atom. The lowest BCUT2D eigenvalue weighted by molar-refractivity contribution is -0.133. The number of amides is 4. The highest BCUT2D eigenvalue weighted by molar-refractivity contribution is 5.94. The van der Waals surface area contributed by atoms with Gasteiger partial charge in [0, 0.05) is 38.2 Å². The maximum Gasteiger partial charge on any atom is 0.243 e. The Morgan fingerprint density at radius 1 is 0.633 bits per heavy atom. The van der Waals surface area contributed by atoms with Gasteiger partial charge in [0.1, 0.15) is 18.1 Å². The first kappa shape index (κ1) is 34.6. The Labute approximate surface area is 286 Å². The Kier molecular flexibility index (Phi) is 12.3. The summed E-state index contributed by atoms with van der Waals surface area (Å²) >= 11 is 0. The molecule has 5 N–H and O–H groups in total. The highest BCUT2D eigenvalue weighted by Crippen LogP contribution is 2.17. The topological polar surface area (TPSA) is 145 Å². The van der Waals surface area contributed by atoms with E-state index in [2.05, 4.69) is 31.2 Å². The van der Waals surface area contributed by atoms with Gasteiger partial charge in [-0.2, -0.15) is 0 Å². The van der Waals surface area contributed by atoms with Gasteiger partial charge >= 0.3 is 0 Å². The minimum absolute atomic E-state index is 0.203. The molecule has 0 aliphatic heterocycles. The standard InChI is InChI=1S/C39H42N6O4/c1-40-37(47)34(24-29-16-18-30-14-8-9-15-31(30)22-29)45-38(48)33(20-19-32-25-41-26-42-32)44-39(49)35(23-28-12-6-3-7-13-28)43-36(46)21-17-27-10-4-2-5-11-27/h2-16,18,22,25-26,33-35H,17,19-21,23-24H2,1H3,(H,40,47)(H,41,42)(H,43,46)(H,44,49)(H,45,48)/t33?,34-,35-/m0/s1. The van der Waals surface area contributed by atoms with Crippen LogP contribution in [0.5, 0.6) is 0 Å². The number of carbonyl (C=O) groups is 4. The number of benzene rings is 4. The molecule has 0 spiro atoms. The van der Waals surface area contributed by atoms with Crippen LogP contribution in [0, 0.1) is 0 Å². The van der Waals surface area contributed by atoms with E-state index in [-0.39, 0.29) is 37.5 Å². The van der Waals surface area contributed by atoms with Crippen LogP contribution in [0.25, 0.3) is 10.8 Å². The fraction of sp³-hybridized carbons (Fsp3) is 0.256. The molecule has 10 heteroatoms. The lowest BCUT2D eigenvalue weighted by Gasteiger charge is -2.25. The highest BCUT2D eigenvalue weighted by Gasteiger charge is 2.30. The van der Waals surface area contributed by atoms with Gasteiger partial charge in [0.05, 0.1) is 6.33 Å². The van der Waals surface area contributed by atoms with Crippen molar-refractivity contribution in [3.05, 3.63) is 138 Å². The van der Waals surface area contributed by atoms with Crippen LogP contribution in [-0.2, 0) is 44.9 Å². The summed E-state index contributed by atoms with van der Waals surface area (Å²) in [6.07, 6.45) is 5.09. The highest BCUT2D eigenvalue weighted by atomic mass is 16.2. The van der Waals surface area contributed by atoms with E-state index >= 15 is 0 Å². The van der Waals surface area contributed by atoms with Crippen LogP contribution in [-0.4, -0.2) is 58.8 Å². The molecule has 5 rings (SSSR count). The van der Waals surface area contributed by atoms with E-state index in [1.165, 1.54) is 7.05 Å². The number of fused-ring (bicyclic) bond motifs is 1. The average molecular weight is 659 g/mol. The van der Waals surface area contributed by atoms with Gasteiger partial charge in [-0.25, -0.2) is 4.98 Å². The molecule has 0 bridgehead atoms. The average Bonchev–Trinajstić information content (AvgIpc) is 3.66. The second kappa shape index (κ2) is 17.4. The molecule has 252 valence electrons. The number of rotatable bonds is 16. The van der Waals surface area contributed by atoms with Gasteiger partial charge in [-0.3, -0.25) is 19.2 Å². The summed E-state index contributed by atoms with van der Waals surface area (Å²) in [4.78, 5) is 61.1. The molecular formula is C39H42N6O4. The number of imidazole rings is 1. The van der Waals surface area contributed by atoms with E-state index in [0.29, 0.717) is 12.8 Å². The Bertz CT molecular complexity index is 1830. The number of nitrogens with one attached hydrogen (secondary N) is 5. The third kappa shape index (κ3) is 10.4. The summed E-state index contributed by atoms with van der Waals surface area (Å²) in [6.45, 7) is 0. The molecule has 3 atom stereocenters. The Balaban J connectivity index is 1.32. The number of carbonyl (C=O) groups excluding carboxylic acids is 4. The number of hydrogen-bond acceptors (Lipinski definition) is 5. The van der Waals surface area contributed by atoms with Crippen molar-refractivity contribution >= 4 is 34.4 Å². The maximum atomic E-state index is 13.9. The summed E-state index contributed by atoms with van der Waals surface area (Å²) in [5.41, 5.74) is 3.55. The van der Waals surface area contributed by atoms with E-state index in [0.717, 1.165) is 33.2 Å². The molecule has 0 radical (unpaired) electrons. The lowest BCUT2D eigenvalue weighted by Crippen LogP contribution is -2.57. The Morgan fingerprint density at radius 2 is 1.24 bits per heavy atom. The number of aryl methyl sites for hydroxylation is 2. The second-order valence-corrected chi connectivity index (χ2v) is 12.0. The molecule has 1 unspecified atom stereocenters. The zero-order valence-electron chi connectivity index (χ0n) is 27.5. The van der Waals surface area contributed by atoms with Crippen molar-refractivity contribution in [2.45, 2.75) is 56.7 Å². The first-order chi connectivity index (χ1) is 23.9. The van der Waals surface area contributed by atoms with Crippen molar-refractivity contribution in [3.8, 4) is 0 Å². The number of likely N-dealkylation sites (N-methyl/N-ethyl adjacent to an activating group) is 1. The third-order valence-electron chi connectivity index (χ3n) is 8.44. The van der Waals surface area contributed by atoms with Crippen LogP contribution in [0.4, 0.5) is 0 Å². The number of hydrogen-bond donors (Lipinski definition) is 5. The van der Waals surface area contributed by atoms with Crippen molar-refractivity contribution in [2.75, 3.05) is 7.05 Å². The molecule has 0 aliphatic rings. The van der Waals surface area contributed by atoms with E-state index in [4.69, 9.17) is 0 Å². The lowest BCUT2D eigenvalue weighted by atomic mass is 10.00. The van der Waals surface area contributed by atoms with Gasteiger partial charge in [-0.15, -0.1) is 0 Å². The summed E-state index contributed by atoms with van der Waals surface area (Å²) in [7, 11) is 1.52. The van der Waals surface area contributed by atoms with Crippen LogP contribution in [0.1, 0.15) is 35.2 Å². The second-order valence-electron chi connectivity index (χ2n) is 12.0. The van der Waals surface area contributed by atoms with Gasteiger partial charge < -0.3 is 26.3 Å². The smallest absolute Gasteiger partial charge is 0.243 e. The summed E-state index contributed by atoms with van der Waals surface area (Å²) in [5, 5.41) is 13.4. The molecule has 49 heavy (non-hydrogen) atoms. The van der Waals surface area contributed by atoms with Gasteiger partial charge in [0.25, 0.3) is 0 Å². The first-order valence-corrected chi connectivity index (χ1v) is 16.5. The third-order valence-corrected chi connectivity index (χ3v) is 8.44. The fourth-order valence-electron chi connectivity index (χ4n) is 5.75. The van der Waals surface area contributed by atoms with Crippen LogP contribution >= 0.6 is 0 Å². The number of nitrogens with zero attached hydrogens (tertiary/aromatic N) is 1. The predicted octanol–water partition coefficient (Wildman–Crippen LogP) is 3.81. The molecule has 4 amide bonds. The zero-order chi connectivity index (χ0) is 34.4. The van der Waals surface area contributed by atoms with Gasteiger partial charge in [0.15, 0.2) is 0 Å². The van der Waals surface area contributed by atoms with Gasteiger partial charge in [0.2, 0.25) is 23.6 Å². The van der Waals surface area contributed by atoms with Crippen LogP contribution in [0.15, 0.2) is 116 Å². The van der Waals surface area contributed by atoms with E-state index in [9.17, 15) is 19.2 Å². The molecule has 0 saturated carbocycles. The van der Waals surface area contributed by atoms with Crippen molar-refractivity contribution in [1.29, 1.82) is 0 Å². The van der Waals surface area contributed by atoms with Crippen LogP contribution in [0.2, 0.25) is 0 Å². The molecule has 10 nitrogen and oxygen atoms in total. The van der Waals surface area contributed by atoms with Gasteiger partial charge in [-0.05, 0) is 46.7 Å². The monoisotopic (exact) mass is 658 g/mol. The Hall–Kier alpha value is -5.77. The summed E-state index contributed by atoms with van der Waals surface area (Å²) in [6, 6.07) is 30.1. The quantitative estimate of drug-likeness (QED) is 0.110. The van der Waals surface area contributed by atoms with E-state index in [1.54, 1.807) is 12.5 Å². The van der Waals surface area contributed by atoms with E-state index in [1.807, 2.05) is 103 Å². The zero-order valence-corrected chi connectivity index (χ0v) is 27.5. The number of aromatic nitrogens is 2. The normalized spacial score (nSPS) is 12.8. The molecule has 1 heterocycles. The van der Waals surface area contributed by atoms with E-state index < -0.39 is 29.9 Å². The predicted molar refractivity (Wildman–Crippen MR) is 189 cm³/mol. The fourth-order valence-corrected chi connectivity index (χ4v) is 5.75. The molecule has 0 saturated heterocycles. The molecule has 4 aromatic carbocycles. The largest absolute Gasteiger partial charge is 0.357 e. The molecule has 0 aliphatic carbocycles. The maximum absolute atomic E-state index is 13.9. The van der Waals surface area contributed by atoms with Crippen molar-refractivity contribution < 1.29 is 19.2 Å². The summed E-state index contributed by atoms with van der Waals surface area (Å²) < 4.78 is 0. The summed E-state index contributed by atoms with van der Waals surface area (Å²) in [5.74, 6) is -1.62.